The maximum atomic E-state index is 12.5. The molecule has 0 aliphatic carbocycles. The molecule has 2 nitrogen and oxygen atoms in total. The topological polar surface area (TPSA) is 23.5 Å². The number of halogens is 4. The summed E-state index contributed by atoms with van der Waals surface area (Å²) in [5.74, 6) is 0. The SMILES string of the molecule is CN(CC(C)(C)O)c1ccc(C(F)(F)F)cc1Br. The lowest BCUT2D eigenvalue weighted by Crippen LogP contribution is -2.36. The number of nitrogens with zero attached hydrogens (tertiary/aromatic N) is 1. The summed E-state index contributed by atoms with van der Waals surface area (Å²) < 4.78 is 37.8. The van der Waals surface area contributed by atoms with E-state index in [1.54, 1.807) is 25.8 Å². The maximum absolute atomic E-state index is 12.5. The first-order valence-corrected chi connectivity index (χ1v) is 6.10. The number of anilines is 1. The van der Waals surface area contributed by atoms with Gasteiger partial charge in [0, 0.05) is 18.1 Å². The van der Waals surface area contributed by atoms with Gasteiger partial charge < -0.3 is 10.0 Å². The second-order valence-electron chi connectivity index (χ2n) is 4.83. The lowest BCUT2D eigenvalue weighted by atomic mass is 10.1. The van der Waals surface area contributed by atoms with Crippen molar-refractivity contribution in [3.8, 4) is 0 Å². The molecular formula is C12H15BrF3NO. The summed E-state index contributed by atoms with van der Waals surface area (Å²) in [6, 6.07) is 3.45. The molecule has 0 fully saturated rings. The number of hydrogen-bond donors (Lipinski definition) is 1. The van der Waals surface area contributed by atoms with Crippen LogP contribution in [0.15, 0.2) is 22.7 Å². The Labute approximate surface area is 113 Å². The van der Waals surface area contributed by atoms with Gasteiger partial charge in [-0.2, -0.15) is 13.2 Å². The van der Waals surface area contributed by atoms with Gasteiger partial charge in [-0.15, -0.1) is 0 Å². The lowest BCUT2D eigenvalue weighted by Gasteiger charge is -2.28. The van der Waals surface area contributed by atoms with Gasteiger partial charge in [0.15, 0.2) is 0 Å². The Morgan fingerprint density at radius 2 is 1.83 bits per heavy atom. The molecule has 0 heterocycles. The van der Waals surface area contributed by atoms with Gasteiger partial charge in [-0.05, 0) is 48.0 Å². The molecule has 0 aliphatic rings. The van der Waals surface area contributed by atoms with Gasteiger partial charge in [-0.1, -0.05) is 0 Å². The third-order valence-electron chi connectivity index (χ3n) is 2.31. The fourth-order valence-corrected chi connectivity index (χ4v) is 2.34. The zero-order valence-electron chi connectivity index (χ0n) is 10.3. The normalized spacial score (nSPS) is 12.7. The molecule has 0 aromatic heterocycles. The molecule has 1 N–H and O–H groups in total. The molecule has 0 spiro atoms. The molecule has 0 radical (unpaired) electrons. The van der Waals surface area contributed by atoms with Crippen molar-refractivity contribution in [2.24, 2.45) is 0 Å². The molecule has 102 valence electrons. The van der Waals surface area contributed by atoms with Gasteiger partial charge in [0.1, 0.15) is 0 Å². The molecule has 0 atom stereocenters. The largest absolute Gasteiger partial charge is 0.416 e. The van der Waals surface area contributed by atoms with Crippen LogP contribution >= 0.6 is 15.9 Å². The van der Waals surface area contributed by atoms with Crippen LogP contribution in [0.5, 0.6) is 0 Å². The predicted octanol–water partition coefficient (Wildman–Crippen LogP) is 3.68. The molecule has 0 saturated heterocycles. The third-order valence-corrected chi connectivity index (χ3v) is 2.95. The van der Waals surface area contributed by atoms with Crippen molar-refractivity contribution in [1.82, 2.24) is 0 Å². The average molecular weight is 326 g/mol. The Morgan fingerprint density at radius 3 is 2.22 bits per heavy atom. The van der Waals surface area contributed by atoms with E-state index in [1.807, 2.05) is 0 Å². The number of likely N-dealkylation sites (N-methyl/N-ethyl adjacent to an activating group) is 1. The first kappa shape index (κ1) is 15.3. The molecule has 0 unspecified atom stereocenters. The van der Waals surface area contributed by atoms with Crippen LogP contribution in [0.4, 0.5) is 18.9 Å². The van der Waals surface area contributed by atoms with E-state index >= 15 is 0 Å². The summed E-state index contributed by atoms with van der Waals surface area (Å²) in [6.45, 7) is 3.60. The smallest absolute Gasteiger partial charge is 0.389 e. The molecule has 1 aromatic carbocycles. The highest BCUT2D eigenvalue weighted by Gasteiger charge is 2.31. The Hall–Kier alpha value is -0.750. The van der Waals surface area contributed by atoms with E-state index in [0.29, 0.717) is 16.7 Å². The van der Waals surface area contributed by atoms with Gasteiger partial charge >= 0.3 is 6.18 Å². The van der Waals surface area contributed by atoms with Gasteiger partial charge in [0.05, 0.1) is 16.9 Å². The summed E-state index contributed by atoms with van der Waals surface area (Å²) in [5.41, 5.74) is -1.02. The van der Waals surface area contributed by atoms with Crippen molar-refractivity contribution in [2.45, 2.75) is 25.6 Å². The van der Waals surface area contributed by atoms with Crippen LogP contribution in [0, 0.1) is 0 Å². The highest BCUT2D eigenvalue weighted by Crippen LogP contribution is 2.35. The molecule has 6 heteroatoms. The molecule has 0 bridgehead atoms. The third kappa shape index (κ3) is 4.17. The van der Waals surface area contributed by atoms with Crippen LogP contribution in [-0.4, -0.2) is 24.3 Å². The van der Waals surface area contributed by atoms with Crippen LogP contribution in [0.25, 0.3) is 0 Å². The average Bonchev–Trinajstić information content (AvgIpc) is 2.12. The standard InChI is InChI=1S/C12H15BrF3NO/c1-11(2,18)7-17(3)10-5-4-8(6-9(10)13)12(14,15)16/h4-6,18H,7H2,1-3H3. The Morgan fingerprint density at radius 1 is 1.28 bits per heavy atom. The van der Waals surface area contributed by atoms with Crippen LogP contribution < -0.4 is 4.90 Å². The minimum absolute atomic E-state index is 0.316. The minimum Gasteiger partial charge on any atom is -0.389 e. The highest BCUT2D eigenvalue weighted by atomic mass is 79.9. The second kappa shape index (κ2) is 5.09. The number of aliphatic hydroxyl groups is 1. The van der Waals surface area contributed by atoms with Crippen LogP contribution in [0.2, 0.25) is 0 Å². The Kier molecular flexibility index (Phi) is 4.33. The summed E-state index contributed by atoms with van der Waals surface area (Å²) >= 11 is 3.12. The first-order valence-electron chi connectivity index (χ1n) is 5.31. The van der Waals surface area contributed by atoms with E-state index in [-0.39, 0.29) is 0 Å². The monoisotopic (exact) mass is 325 g/mol. The zero-order chi connectivity index (χ0) is 14.1. The van der Waals surface area contributed by atoms with Crippen molar-refractivity contribution in [3.63, 3.8) is 0 Å². The molecule has 18 heavy (non-hydrogen) atoms. The molecule has 0 amide bonds. The lowest BCUT2D eigenvalue weighted by molar-refractivity contribution is -0.137. The second-order valence-corrected chi connectivity index (χ2v) is 5.69. The van der Waals surface area contributed by atoms with E-state index in [4.69, 9.17) is 0 Å². The molecule has 0 saturated carbocycles. The van der Waals surface area contributed by atoms with E-state index in [9.17, 15) is 18.3 Å². The summed E-state index contributed by atoms with van der Waals surface area (Å²) in [5, 5.41) is 9.69. The van der Waals surface area contributed by atoms with Gasteiger partial charge in [-0.25, -0.2) is 0 Å². The number of alkyl halides is 3. The summed E-state index contributed by atoms with van der Waals surface area (Å²) in [6.07, 6.45) is -4.35. The van der Waals surface area contributed by atoms with E-state index < -0.39 is 17.3 Å². The zero-order valence-corrected chi connectivity index (χ0v) is 11.9. The number of hydrogen-bond acceptors (Lipinski definition) is 2. The predicted molar refractivity (Wildman–Crippen MR) is 68.7 cm³/mol. The van der Waals surface area contributed by atoms with Crippen molar-refractivity contribution in [2.75, 3.05) is 18.5 Å². The summed E-state index contributed by atoms with van der Waals surface area (Å²) in [4.78, 5) is 1.70. The fourth-order valence-electron chi connectivity index (χ4n) is 1.66. The van der Waals surface area contributed by atoms with Crippen molar-refractivity contribution < 1.29 is 18.3 Å². The highest BCUT2D eigenvalue weighted by molar-refractivity contribution is 9.10. The van der Waals surface area contributed by atoms with Crippen LogP contribution in [0.3, 0.4) is 0 Å². The minimum atomic E-state index is -4.35. The van der Waals surface area contributed by atoms with Crippen molar-refractivity contribution in [1.29, 1.82) is 0 Å². The quantitative estimate of drug-likeness (QED) is 0.916. The maximum Gasteiger partial charge on any atom is 0.416 e. The van der Waals surface area contributed by atoms with Crippen molar-refractivity contribution in [3.05, 3.63) is 28.2 Å². The van der Waals surface area contributed by atoms with Gasteiger partial charge in [-0.3, -0.25) is 0 Å². The molecule has 0 aliphatic heterocycles. The van der Waals surface area contributed by atoms with Gasteiger partial charge in [0.25, 0.3) is 0 Å². The van der Waals surface area contributed by atoms with E-state index in [2.05, 4.69) is 15.9 Å². The van der Waals surface area contributed by atoms with Crippen LogP contribution in [0.1, 0.15) is 19.4 Å². The molecular weight excluding hydrogens is 311 g/mol. The summed E-state index contributed by atoms with van der Waals surface area (Å²) in [7, 11) is 1.71. The number of rotatable bonds is 3. The van der Waals surface area contributed by atoms with E-state index in [0.717, 1.165) is 12.1 Å². The molecule has 1 aromatic rings. The Balaban J connectivity index is 2.99. The van der Waals surface area contributed by atoms with E-state index in [1.165, 1.54) is 6.07 Å². The fraction of sp³-hybridized carbons (Fsp3) is 0.500. The Bertz CT molecular complexity index is 426. The van der Waals surface area contributed by atoms with Crippen LogP contribution in [-0.2, 0) is 6.18 Å². The molecule has 1 rings (SSSR count). The van der Waals surface area contributed by atoms with Crippen molar-refractivity contribution >= 4 is 21.6 Å². The first-order chi connectivity index (χ1) is 8.00. The van der Waals surface area contributed by atoms with Gasteiger partial charge in [0.2, 0.25) is 0 Å². The number of benzene rings is 1.